The van der Waals surface area contributed by atoms with E-state index in [-0.39, 0.29) is 35.8 Å². The molecule has 2 heterocycles. The zero-order valence-corrected chi connectivity index (χ0v) is 21.2. The summed E-state index contributed by atoms with van der Waals surface area (Å²) in [6.07, 6.45) is 2.47. The Morgan fingerprint density at radius 1 is 1.22 bits per heavy atom. The van der Waals surface area contributed by atoms with Gasteiger partial charge in [-0.15, -0.1) is 24.0 Å². The van der Waals surface area contributed by atoms with Gasteiger partial charge in [0.2, 0.25) is 0 Å². The first-order chi connectivity index (χ1) is 15.1. The van der Waals surface area contributed by atoms with E-state index in [9.17, 15) is 4.39 Å². The highest BCUT2D eigenvalue weighted by Gasteiger charge is 2.26. The number of ether oxygens (including phenoxy) is 3. The van der Waals surface area contributed by atoms with Gasteiger partial charge in [0.25, 0.3) is 0 Å². The Balaban J connectivity index is 0.00000363. The molecule has 0 saturated carbocycles. The third-order valence-electron chi connectivity index (χ3n) is 5.12. The van der Waals surface area contributed by atoms with Crippen LogP contribution >= 0.6 is 24.0 Å². The van der Waals surface area contributed by atoms with E-state index in [1.165, 1.54) is 6.07 Å². The summed E-state index contributed by atoms with van der Waals surface area (Å²) in [5, 5.41) is 6.71. The maximum atomic E-state index is 14.1. The van der Waals surface area contributed by atoms with Crippen LogP contribution in [0.2, 0.25) is 0 Å². The lowest BCUT2D eigenvalue weighted by Crippen LogP contribution is -2.44. The Bertz CT molecular complexity index is 890. The number of methoxy groups -OCH3 is 3. The van der Waals surface area contributed by atoms with Gasteiger partial charge in [0.05, 0.1) is 33.4 Å². The van der Waals surface area contributed by atoms with Gasteiger partial charge in [-0.3, -0.25) is 0 Å². The average molecular weight is 559 g/mol. The van der Waals surface area contributed by atoms with Gasteiger partial charge < -0.3 is 29.7 Å². The van der Waals surface area contributed by atoms with E-state index in [4.69, 9.17) is 19.2 Å². The molecular weight excluding hydrogens is 528 g/mol. The Morgan fingerprint density at radius 3 is 2.53 bits per heavy atom. The van der Waals surface area contributed by atoms with Crippen molar-refractivity contribution in [2.45, 2.75) is 25.9 Å². The monoisotopic (exact) mass is 559 g/mol. The van der Waals surface area contributed by atoms with Crippen molar-refractivity contribution in [1.29, 1.82) is 0 Å². The van der Waals surface area contributed by atoms with E-state index < -0.39 is 0 Å². The lowest BCUT2D eigenvalue weighted by molar-refractivity contribution is 0.369. The second-order valence-electron chi connectivity index (χ2n) is 7.09. The number of pyridine rings is 1. The smallest absolute Gasteiger partial charge is 0.191 e. The van der Waals surface area contributed by atoms with Crippen LogP contribution in [0.15, 0.2) is 35.5 Å². The first kappa shape index (κ1) is 25.8. The molecule has 1 aromatic heterocycles. The number of aromatic nitrogens is 1. The second kappa shape index (κ2) is 12.5. The van der Waals surface area contributed by atoms with Crippen LogP contribution < -0.4 is 29.7 Å². The molecule has 10 heteroatoms. The maximum Gasteiger partial charge on any atom is 0.191 e. The van der Waals surface area contributed by atoms with E-state index in [0.717, 1.165) is 18.5 Å². The minimum absolute atomic E-state index is 0. The third-order valence-corrected chi connectivity index (χ3v) is 5.12. The number of benzene rings is 1. The first-order valence-corrected chi connectivity index (χ1v) is 10.3. The molecule has 0 bridgehead atoms. The van der Waals surface area contributed by atoms with Gasteiger partial charge in [-0.25, -0.2) is 14.4 Å². The fourth-order valence-electron chi connectivity index (χ4n) is 3.59. The largest absolute Gasteiger partial charge is 0.496 e. The lowest BCUT2D eigenvalue weighted by atomic mass is 10.1. The Kier molecular flexibility index (Phi) is 10.1. The summed E-state index contributed by atoms with van der Waals surface area (Å²) < 4.78 is 30.4. The number of nitrogens with one attached hydrogen (secondary N) is 2. The number of anilines is 1. The zero-order valence-electron chi connectivity index (χ0n) is 18.9. The highest BCUT2D eigenvalue weighted by atomic mass is 127. The van der Waals surface area contributed by atoms with E-state index in [1.54, 1.807) is 33.6 Å². The summed E-state index contributed by atoms with van der Waals surface area (Å²) in [6, 6.07) is 6.78. The molecule has 32 heavy (non-hydrogen) atoms. The molecule has 1 atom stereocenters. The van der Waals surface area contributed by atoms with Crippen LogP contribution in [-0.4, -0.2) is 57.9 Å². The van der Waals surface area contributed by atoms with Crippen LogP contribution in [0.3, 0.4) is 0 Å². The zero-order chi connectivity index (χ0) is 22.2. The minimum Gasteiger partial charge on any atom is -0.496 e. The van der Waals surface area contributed by atoms with Crippen molar-refractivity contribution in [2.24, 2.45) is 4.99 Å². The number of aliphatic imine (C=N–C) groups is 1. The van der Waals surface area contributed by atoms with Crippen molar-refractivity contribution >= 4 is 35.8 Å². The molecular formula is C22H31FIN5O3. The standard InChI is InChI=1S/C22H30FN5O3.HI/c1-5-24-22(26-13-17-19(30-3)11-16(29-2)12-20(17)31-4)27-15-8-10-28(14-15)21-18(23)7-6-9-25-21;/h6-7,9,11-12,15H,5,8,10,13-14H2,1-4H3,(H2,24,26,27);1H. The Labute approximate surface area is 205 Å². The highest BCUT2D eigenvalue weighted by molar-refractivity contribution is 14.0. The third kappa shape index (κ3) is 6.27. The molecule has 1 unspecified atom stereocenters. The fourth-order valence-corrected chi connectivity index (χ4v) is 3.59. The van der Waals surface area contributed by atoms with Crippen molar-refractivity contribution in [1.82, 2.24) is 15.6 Å². The molecule has 8 nitrogen and oxygen atoms in total. The predicted octanol–water partition coefficient (Wildman–Crippen LogP) is 3.20. The van der Waals surface area contributed by atoms with Gasteiger partial charge in [-0.2, -0.15) is 0 Å². The highest BCUT2D eigenvalue weighted by Crippen LogP contribution is 2.34. The van der Waals surface area contributed by atoms with Crippen molar-refractivity contribution in [2.75, 3.05) is 45.9 Å². The summed E-state index contributed by atoms with van der Waals surface area (Å²) in [6.45, 7) is 4.46. The summed E-state index contributed by atoms with van der Waals surface area (Å²) in [5.41, 5.74) is 0.826. The molecule has 0 spiro atoms. The maximum absolute atomic E-state index is 14.1. The first-order valence-electron chi connectivity index (χ1n) is 10.3. The van der Waals surface area contributed by atoms with Gasteiger partial charge in [-0.05, 0) is 25.5 Å². The van der Waals surface area contributed by atoms with Crippen molar-refractivity contribution in [3.63, 3.8) is 0 Å². The fraction of sp³-hybridized carbons (Fsp3) is 0.455. The molecule has 0 radical (unpaired) electrons. The number of guanidine groups is 1. The minimum atomic E-state index is -0.303. The van der Waals surface area contributed by atoms with Crippen LogP contribution in [-0.2, 0) is 6.54 Å². The number of nitrogens with zero attached hydrogens (tertiary/aromatic N) is 3. The van der Waals surface area contributed by atoms with E-state index >= 15 is 0 Å². The normalized spacial score (nSPS) is 15.7. The Hall–Kier alpha value is -2.50. The number of hydrogen-bond acceptors (Lipinski definition) is 6. The molecule has 2 aromatic rings. The van der Waals surface area contributed by atoms with Crippen LogP contribution in [0.25, 0.3) is 0 Å². The molecule has 1 aromatic carbocycles. The van der Waals surface area contributed by atoms with Crippen LogP contribution in [0.1, 0.15) is 18.9 Å². The van der Waals surface area contributed by atoms with Crippen molar-refractivity contribution < 1.29 is 18.6 Å². The molecule has 3 rings (SSSR count). The second-order valence-corrected chi connectivity index (χ2v) is 7.09. The lowest BCUT2D eigenvalue weighted by Gasteiger charge is -2.20. The molecule has 0 amide bonds. The Morgan fingerprint density at radius 2 is 1.94 bits per heavy atom. The van der Waals surface area contributed by atoms with Crippen LogP contribution in [0, 0.1) is 5.82 Å². The topological polar surface area (TPSA) is 80.2 Å². The van der Waals surface area contributed by atoms with Gasteiger partial charge >= 0.3 is 0 Å². The van der Waals surface area contributed by atoms with Crippen molar-refractivity contribution in [3.8, 4) is 17.2 Å². The summed E-state index contributed by atoms with van der Waals surface area (Å²) in [5.74, 6) is 2.71. The molecule has 1 fully saturated rings. The predicted molar refractivity (Wildman–Crippen MR) is 134 cm³/mol. The summed E-state index contributed by atoms with van der Waals surface area (Å²) >= 11 is 0. The van der Waals surface area contributed by atoms with E-state index in [1.807, 2.05) is 24.0 Å². The van der Waals surface area contributed by atoms with Crippen LogP contribution in [0.5, 0.6) is 17.2 Å². The molecule has 1 aliphatic heterocycles. The molecule has 176 valence electrons. The quantitative estimate of drug-likeness (QED) is 0.292. The van der Waals surface area contributed by atoms with Gasteiger partial charge in [-0.1, -0.05) is 0 Å². The van der Waals surface area contributed by atoms with E-state index in [2.05, 4.69) is 15.6 Å². The molecule has 2 N–H and O–H groups in total. The summed E-state index contributed by atoms with van der Waals surface area (Å²) in [7, 11) is 4.81. The SMILES string of the molecule is CCNC(=NCc1c(OC)cc(OC)cc1OC)NC1CCN(c2ncccc2F)C1.I. The molecule has 0 aliphatic carbocycles. The van der Waals surface area contributed by atoms with Gasteiger partial charge in [0.15, 0.2) is 17.6 Å². The number of rotatable bonds is 8. The number of hydrogen-bond donors (Lipinski definition) is 2. The van der Waals surface area contributed by atoms with Gasteiger partial charge in [0.1, 0.15) is 17.2 Å². The van der Waals surface area contributed by atoms with Crippen LogP contribution in [0.4, 0.5) is 10.2 Å². The average Bonchev–Trinajstić information content (AvgIpc) is 3.25. The molecule has 1 aliphatic rings. The van der Waals surface area contributed by atoms with Gasteiger partial charge in [0, 0.05) is 44.0 Å². The van der Waals surface area contributed by atoms with Crippen molar-refractivity contribution in [3.05, 3.63) is 41.8 Å². The summed E-state index contributed by atoms with van der Waals surface area (Å²) in [4.78, 5) is 10.8. The molecule has 1 saturated heterocycles. The van der Waals surface area contributed by atoms with E-state index in [0.29, 0.717) is 48.7 Å². The number of halogens is 2.